The second kappa shape index (κ2) is 3.91. The maximum Gasteiger partial charge on any atom is 0.164 e. The third-order valence-corrected chi connectivity index (χ3v) is 3.61. The van der Waals surface area contributed by atoms with Crippen molar-refractivity contribution >= 4 is 29.1 Å². The standard InChI is InChI=1S/C10H8ClFOS/c11-10-7-5-14-4-3-9(13)6(7)1-2-8(10)12/h1-2H,3-5H2. The molecular weight excluding hydrogens is 223 g/mol. The fourth-order valence-corrected chi connectivity index (χ4v) is 2.76. The molecule has 0 saturated carbocycles. The highest BCUT2D eigenvalue weighted by atomic mass is 35.5. The van der Waals surface area contributed by atoms with Crippen LogP contribution in [0.15, 0.2) is 12.1 Å². The number of fused-ring (bicyclic) bond motifs is 1. The highest BCUT2D eigenvalue weighted by molar-refractivity contribution is 7.98. The van der Waals surface area contributed by atoms with Gasteiger partial charge in [-0.1, -0.05) is 11.6 Å². The molecule has 1 aromatic rings. The van der Waals surface area contributed by atoms with Crippen molar-refractivity contribution in [2.45, 2.75) is 12.2 Å². The Morgan fingerprint density at radius 2 is 2.21 bits per heavy atom. The Morgan fingerprint density at radius 1 is 1.43 bits per heavy atom. The lowest BCUT2D eigenvalue weighted by Gasteiger charge is -2.06. The van der Waals surface area contributed by atoms with Crippen molar-refractivity contribution in [2.75, 3.05) is 5.75 Å². The van der Waals surface area contributed by atoms with Gasteiger partial charge in [-0.25, -0.2) is 4.39 Å². The van der Waals surface area contributed by atoms with E-state index in [-0.39, 0.29) is 10.8 Å². The van der Waals surface area contributed by atoms with Crippen LogP contribution in [0.3, 0.4) is 0 Å². The molecule has 0 spiro atoms. The lowest BCUT2D eigenvalue weighted by molar-refractivity contribution is 0.0989. The van der Waals surface area contributed by atoms with Crippen LogP contribution < -0.4 is 0 Å². The number of carbonyl (C=O) groups is 1. The largest absolute Gasteiger partial charge is 0.294 e. The number of rotatable bonds is 0. The number of thioether (sulfide) groups is 1. The molecular formula is C10H8ClFOS. The average Bonchev–Trinajstić information content (AvgIpc) is 2.35. The number of benzene rings is 1. The summed E-state index contributed by atoms with van der Waals surface area (Å²) in [6, 6.07) is 2.79. The first-order chi connectivity index (χ1) is 6.70. The number of ketones is 1. The van der Waals surface area contributed by atoms with Crippen molar-refractivity contribution in [1.82, 2.24) is 0 Å². The molecule has 0 atom stereocenters. The normalized spacial score (nSPS) is 16.3. The van der Waals surface area contributed by atoms with Gasteiger partial charge in [0, 0.05) is 23.5 Å². The van der Waals surface area contributed by atoms with Gasteiger partial charge >= 0.3 is 0 Å². The van der Waals surface area contributed by atoms with E-state index in [1.807, 2.05) is 0 Å². The van der Waals surface area contributed by atoms with E-state index < -0.39 is 5.82 Å². The van der Waals surface area contributed by atoms with Crippen molar-refractivity contribution in [2.24, 2.45) is 0 Å². The molecule has 1 nitrogen and oxygen atoms in total. The highest BCUT2D eigenvalue weighted by Gasteiger charge is 2.19. The van der Waals surface area contributed by atoms with Gasteiger partial charge in [-0.05, 0) is 17.7 Å². The van der Waals surface area contributed by atoms with Gasteiger partial charge in [-0.3, -0.25) is 4.79 Å². The first-order valence-electron chi connectivity index (χ1n) is 4.28. The third kappa shape index (κ3) is 1.66. The van der Waals surface area contributed by atoms with E-state index in [9.17, 15) is 9.18 Å². The monoisotopic (exact) mass is 230 g/mol. The molecule has 1 aromatic carbocycles. The zero-order valence-electron chi connectivity index (χ0n) is 7.35. The Balaban J connectivity index is 2.58. The van der Waals surface area contributed by atoms with Gasteiger partial charge in [0.2, 0.25) is 0 Å². The summed E-state index contributed by atoms with van der Waals surface area (Å²) >= 11 is 7.42. The SMILES string of the molecule is O=C1CCSCc2c1ccc(F)c2Cl. The summed E-state index contributed by atoms with van der Waals surface area (Å²) in [5, 5.41) is 0.102. The van der Waals surface area contributed by atoms with E-state index in [0.717, 1.165) is 5.75 Å². The van der Waals surface area contributed by atoms with Crippen LogP contribution in [0.1, 0.15) is 22.3 Å². The summed E-state index contributed by atoms with van der Waals surface area (Å²) in [5.41, 5.74) is 1.24. The fourth-order valence-electron chi connectivity index (χ4n) is 1.47. The Labute approximate surface area is 90.6 Å². The van der Waals surface area contributed by atoms with Crippen molar-refractivity contribution < 1.29 is 9.18 Å². The highest BCUT2D eigenvalue weighted by Crippen LogP contribution is 2.31. The molecule has 0 fully saturated rings. The minimum atomic E-state index is -0.444. The van der Waals surface area contributed by atoms with Gasteiger partial charge in [-0.15, -0.1) is 0 Å². The van der Waals surface area contributed by atoms with Crippen LogP contribution in [0, 0.1) is 5.82 Å². The van der Waals surface area contributed by atoms with Gasteiger partial charge in [0.25, 0.3) is 0 Å². The van der Waals surface area contributed by atoms with Gasteiger partial charge in [-0.2, -0.15) is 11.8 Å². The zero-order chi connectivity index (χ0) is 10.1. The van der Waals surface area contributed by atoms with Gasteiger partial charge < -0.3 is 0 Å². The quantitative estimate of drug-likeness (QED) is 0.680. The molecule has 14 heavy (non-hydrogen) atoms. The molecule has 0 saturated heterocycles. The van der Waals surface area contributed by atoms with E-state index in [1.54, 1.807) is 11.8 Å². The van der Waals surface area contributed by atoms with E-state index in [0.29, 0.717) is 23.3 Å². The van der Waals surface area contributed by atoms with Crippen molar-refractivity contribution in [3.63, 3.8) is 0 Å². The molecule has 0 unspecified atom stereocenters. The maximum atomic E-state index is 13.1. The third-order valence-electron chi connectivity index (χ3n) is 2.22. The van der Waals surface area contributed by atoms with Crippen molar-refractivity contribution in [1.29, 1.82) is 0 Å². The second-order valence-electron chi connectivity index (χ2n) is 3.11. The van der Waals surface area contributed by atoms with Crippen LogP contribution in [0.5, 0.6) is 0 Å². The summed E-state index contributed by atoms with van der Waals surface area (Å²) in [7, 11) is 0. The summed E-state index contributed by atoms with van der Waals surface area (Å²) in [6.07, 6.45) is 0.514. The molecule has 74 valence electrons. The second-order valence-corrected chi connectivity index (χ2v) is 4.60. The number of halogens is 2. The molecule has 0 amide bonds. The van der Waals surface area contributed by atoms with E-state index in [1.165, 1.54) is 12.1 Å². The Kier molecular flexibility index (Phi) is 2.79. The van der Waals surface area contributed by atoms with E-state index in [2.05, 4.69) is 0 Å². The predicted molar refractivity (Wildman–Crippen MR) is 56.5 cm³/mol. The van der Waals surface area contributed by atoms with Gasteiger partial charge in [0.15, 0.2) is 5.78 Å². The summed E-state index contributed by atoms with van der Waals surface area (Å²) in [6.45, 7) is 0. The molecule has 0 N–H and O–H groups in total. The van der Waals surface area contributed by atoms with E-state index in [4.69, 9.17) is 11.6 Å². The number of Topliss-reactive ketones (excluding diaryl/α,β-unsaturated/α-hetero) is 1. The van der Waals surface area contributed by atoms with E-state index >= 15 is 0 Å². The van der Waals surface area contributed by atoms with Crippen molar-refractivity contribution in [3.8, 4) is 0 Å². The summed E-state index contributed by atoms with van der Waals surface area (Å²) in [4.78, 5) is 11.6. The zero-order valence-corrected chi connectivity index (χ0v) is 8.92. The van der Waals surface area contributed by atoms with Crippen LogP contribution in [-0.4, -0.2) is 11.5 Å². The van der Waals surface area contributed by atoms with Crippen LogP contribution in [-0.2, 0) is 5.75 Å². The molecule has 1 aliphatic heterocycles. The summed E-state index contributed by atoms with van der Waals surface area (Å²) < 4.78 is 13.1. The van der Waals surface area contributed by atoms with Gasteiger partial charge in [0.05, 0.1) is 5.02 Å². The Bertz CT molecular complexity index is 392. The minimum Gasteiger partial charge on any atom is -0.294 e. The first-order valence-corrected chi connectivity index (χ1v) is 5.81. The molecule has 1 aliphatic rings. The number of hydrogen-bond acceptors (Lipinski definition) is 2. The smallest absolute Gasteiger partial charge is 0.164 e. The maximum absolute atomic E-state index is 13.1. The minimum absolute atomic E-state index is 0.0619. The lowest BCUT2D eigenvalue weighted by Crippen LogP contribution is -2.02. The Hall–Kier alpha value is -0.540. The first kappa shape index (κ1) is 9.99. The van der Waals surface area contributed by atoms with Crippen LogP contribution in [0.25, 0.3) is 0 Å². The van der Waals surface area contributed by atoms with Crippen LogP contribution in [0.4, 0.5) is 4.39 Å². The lowest BCUT2D eigenvalue weighted by atomic mass is 10.0. The molecule has 0 bridgehead atoms. The molecule has 0 aromatic heterocycles. The van der Waals surface area contributed by atoms with Crippen LogP contribution in [0.2, 0.25) is 5.02 Å². The Morgan fingerprint density at radius 3 is 3.00 bits per heavy atom. The molecule has 0 radical (unpaired) electrons. The van der Waals surface area contributed by atoms with Crippen molar-refractivity contribution in [3.05, 3.63) is 34.1 Å². The van der Waals surface area contributed by atoms with Gasteiger partial charge in [0.1, 0.15) is 5.82 Å². The van der Waals surface area contributed by atoms with Crippen LogP contribution >= 0.6 is 23.4 Å². The fraction of sp³-hybridized carbons (Fsp3) is 0.300. The summed E-state index contributed by atoms with van der Waals surface area (Å²) in [5.74, 6) is 1.02. The molecule has 2 rings (SSSR count). The predicted octanol–water partition coefficient (Wildman–Crippen LogP) is 3.30. The topological polar surface area (TPSA) is 17.1 Å². The average molecular weight is 231 g/mol. The molecule has 4 heteroatoms. The molecule has 0 aliphatic carbocycles. The number of carbonyl (C=O) groups excluding carboxylic acids is 1. The number of hydrogen-bond donors (Lipinski definition) is 0. The molecule has 1 heterocycles.